The third kappa shape index (κ3) is 4.65. The first kappa shape index (κ1) is 7.85. The Kier molecular flexibility index (Phi) is 2.26. The van der Waals surface area contributed by atoms with E-state index in [0.717, 1.165) is 54.6 Å². The molecule has 29 heavy (non-hydrogen) atoms. The van der Waals surface area contributed by atoms with Crippen LogP contribution in [-0.4, -0.2) is 0 Å². The predicted octanol–water partition coefficient (Wildman–Crippen LogP) is 7.18. The molecular formula is C24H27O4P. The van der Waals surface area contributed by atoms with Gasteiger partial charge in [-0.3, -0.25) is 0 Å². The van der Waals surface area contributed by atoms with E-state index in [9.17, 15) is 4.57 Å². The molecule has 3 rings (SSSR count). The Balaban J connectivity index is 2.51. The van der Waals surface area contributed by atoms with Gasteiger partial charge in [-0.25, -0.2) is 0 Å². The SMILES string of the molecule is [2H]C([2H])([2H])c1cccc(C([2H])([2H])[2H])c1OP(=O)(Oc1c(C([2H])([2H])[2H])cccc1C([2H])([2H])[2H])Oc1c(C([2H])([2H])[2H])cccc1C([2H])([2H])[2H]. The number of para-hydroxylation sites is 3. The molecule has 0 saturated carbocycles. The molecular weight excluding hydrogens is 383 g/mol. The molecule has 152 valence electrons. The van der Waals surface area contributed by atoms with Crippen molar-refractivity contribution >= 4 is 7.82 Å². The predicted molar refractivity (Wildman–Crippen MR) is 117 cm³/mol. The molecule has 3 aromatic rings. The molecule has 5 heteroatoms. The van der Waals surface area contributed by atoms with Crippen LogP contribution in [0.5, 0.6) is 17.2 Å². The Bertz CT molecular complexity index is 1370. The van der Waals surface area contributed by atoms with Gasteiger partial charge in [0, 0.05) is 24.7 Å². The molecule has 0 aliphatic rings. The quantitative estimate of drug-likeness (QED) is 0.390. The Morgan fingerprint density at radius 1 is 0.552 bits per heavy atom. The van der Waals surface area contributed by atoms with Gasteiger partial charge in [-0.15, -0.1) is 0 Å². The van der Waals surface area contributed by atoms with Gasteiger partial charge < -0.3 is 13.6 Å². The van der Waals surface area contributed by atoms with E-state index in [2.05, 4.69) is 0 Å². The first-order valence-electron chi connectivity index (χ1n) is 17.1. The summed E-state index contributed by atoms with van der Waals surface area (Å²) in [7, 11) is -5.96. The van der Waals surface area contributed by atoms with E-state index in [1.165, 1.54) is 0 Å². The Labute approximate surface area is 198 Å². The number of rotatable bonds is 6. The van der Waals surface area contributed by atoms with Crippen LogP contribution in [0.25, 0.3) is 0 Å². The van der Waals surface area contributed by atoms with Crippen LogP contribution in [0.15, 0.2) is 54.6 Å². The lowest BCUT2D eigenvalue weighted by molar-refractivity contribution is 0.294. The second-order valence-corrected chi connectivity index (χ2v) is 7.21. The largest absolute Gasteiger partial charge is 0.647 e. The fourth-order valence-corrected chi connectivity index (χ4v) is 3.67. The standard InChI is InChI=1S/C24H27O4P/c1-16-10-7-11-17(2)22(16)26-29(25,27-23-18(3)12-8-13-19(23)4)28-24-20(5)14-9-15-21(24)6/h7-15H,1-6H3/i1D3,2D3,3D3,4D3,5D3,6D3. The first-order chi connectivity index (χ1) is 21.0. The van der Waals surface area contributed by atoms with Crippen LogP contribution in [-0.2, 0) is 4.57 Å². The molecule has 3 aromatic carbocycles. The van der Waals surface area contributed by atoms with E-state index >= 15 is 0 Å². The number of hydrogen-bond donors (Lipinski definition) is 0. The molecule has 0 radical (unpaired) electrons. The second-order valence-electron chi connectivity index (χ2n) is 5.77. The molecule has 0 aromatic heterocycles. The molecule has 0 N–H and O–H groups in total. The molecule has 0 spiro atoms. The summed E-state index contributed by atoms with van der Waals surface area (Å²) in [6.07, 6.45) is 0. The van der Waals surface area contributed by atoms with E-state index in [1.54, 1.807) is 0 Å². The van der Waals surface area contributed by atoms with Crippen LogP contribution in [0.2, 0.25) is 0 Å². The topological polar surface area (TPSA) is 44.8 Å². The van der Waals surface area contributed by atoms with Crippen LogP contribution < -0.4 is 13.6 Å². The highest BCUT2D eigenvalue weighted by atomic mass is 31.2. The highest BCUT2D eigenvalue weighted by molar-refractivity contribution is 7.49. The van der Waals surface area contributed by atoms with Crippen molar-refractivity contribution in [2.24, 2.45) is 0 Å². The lowest BCUT2D eigenvalue weighted by Gasteiger charge is -2.24. The summed E-state index contributed by atoms with van der Waals surface area (Å²) >= 11 is 0. The molecule has 0 aliphatic carbocycles. The van der Waals surface area contributed by atoms with Crippen molar-refractivity contribution < 1.29 is 42.8 Å². The summed E-state index contributed by atoms with van der Waals surface area (Å²) in [4.78, 5) is 0. The molecule has 0 atom stereocenters. The Morgan fingerprint density at radius 3 is 1.00 bits per heavy atom. The van der Waals surface area contributed by atoms with Crippen LogP contribution in [0.1, 0.15) is 58.1 Å². The fourth-order valence-electron chi connectivity index (χ4n) is 2.30. The minimum atomic E-state index is -5.96. The summed E-state index contributed by atoms with van der Waals surface area (Å²) < 4.78 is 174. The first-order valence-corrected chi connectivity index (χ1v) is 9.54. The highest BCUT2D eigenvalue weighted by Gasteiger charge is 2.36. The van der Waals surface area contributed by atoms with E-state index in [0.29, 0.717) is 0 Å². The molecule has 0 aliphatic heterocycles. The van der Waals surface area contributed by atoms with Gasteiger partial charge >= 0.3 is 7.82 Å². The zero-order chi connectivity index (χ0) is 36.2. The van der Waals surface area contributed by atoms with Gasteiger partial charge in [-0.05, 0) is 74.5 Å². The maximum atomic E-state index is 14.8. The van der Waals surface area contributed by atoms with Crippen molar-refractivity contribution in [2.75, 3.05) is 0 Å². The van der Waals surface area contributed by atoms with Gasteiger partial charge in [0.2, 0.25) is 0 Å². The summed E-state index contributed by atoms with van der Waals surface area (Å²) in [6, 6.07) is 8.43. The molecule has 0 amide bonds. The third-order valence-electron chi connectivity index (χ3n) is 3.65. The van der Waals surface area contributed by atoms with E-state index in [1.807, 2.05) is 0 Å². The molecule has 0 saturated heterocycles. The molecule has 0 fully saturated rings. The van der Waals surface area contributed by atoms with Crippen LogP contribution in [0, 0.1) is 41.1 Å². The average Bonchev–Trinajstić information content (AvgIpc) is 2.85. The summed E-state index contributed by atoms with van der Waals surface area (Å²) in [5, 5.41) is 0. The van der Waals surface area contributed by atoms with Crippen LogP contribution >= 0.6 is 7.82 Å². The zero-order valence-corrected chi connectivity index (χ0v) is 15.7. The Hall–Kier alpha value is -2.71. The van der Waals surface area contributed by atoms with Gasteiger partial charge in [0.15, 0.2) is 0 Å². The summed E-state index contributed by atoms with van der Waals surface area (Å²) in [6.45, 7) is -19.0. The smallest absolute Gasteiger partial charge is 0.385 e. The number of benzene rings is 3. The average molecular weight is 429 g/mol. The van der Waals surface area contributed by atoms with Crippen molar-refractivity contribution in [3.05, 3.63) is 88.0 Å². The number of hydrogen-bond acceptors (Lipinski definition) is 4. The number of phosphoric ester groups is 1. The van der Waals surface area contributed by atoms with Crippen molar-refractivity contribution in [1.82, 2.24) is 0 Å². The zero-order valence-electron chi connectivity index (χ0n) is 32.8. The van der Waals surface area contributed by atoms with Gasteiger partial charge in [-0.1, -0.05) is 54.6 Å². The number of aryl methyl sites for hydroxylation is 6. The van der Waals surface area contributed by atoms with Crippen molar-refractivity contribution in [3.63, 3.8) is 0 Å². The monoisotopic (exact) mass is 428 g/mol. The van der Waals surface area contributed by atoms with E-state index < -0.39 is 99.6 Å². The minimum absolute atomic E-state index is 0.862. The van der Waals surface area contributed by atoms with Crippen LogP contribution in [0.4, 0.5) is 0 Å². The summed E-state index contributed by atoms with van der Waals surface area (Å²) in [5.41, 5.74) is -5.17. The van der Waals surface area contributed by atoms with Crippen LogP contribution in [0.3, 0.4) is 0 Å². The maximum Gasteiger partial charge on any atom is 0.647 e. The molecule has 4 nitrogen and oxygen atoms in total. The number of phosphoric acid groups is 1. The minimum Gasteiger partial charge on any atom is -0.385 e. The summed E-state index contributed by atoms with van der Waals surface area (Å²) in [5.74, 6) is -3.42. The third-order valence-corrected chi connectivity index (χ3v) is 4.87. The maximum absolute atomic E-state index is 14.8. The normalized spacial score (nSPS) is 23.0. The fraction of sp³-hybridized carbons (Fsp3) is 0.250. The highest BCUT2D eigenvalue weighted by Crippen LogP contribution is 2.53. The van der Waals surface area contributed by atoms with Gasteiger partial charge in [0.1, 0.15) is 17.2 Å². The second kappa shape index (κ2) is 8.34. The molecule has 0 bridgehead atoms. The van der Waals surface area contributed by atoms with Gasteiger partial charge in [0.25, 0.3) is 0 Å². The van der Waals surface area contributed by atoms with Crippen molar-refractivity contribution in [1.29, 1.82) is 0 Å². The van der Waals surface area contributed by atoms with E-state index in [4.69, 9.17) is 38.2 Å². The van der Waals surface area contributed by atoms with Gasteiger partial charge in [0.05, 0.1) is 0 Å². The molecule has 0 unspecified atom stereocenters. The van der Waals surface area contributed by atoms with Crippen molar-refractivity contribution in [2.45, 2.75) is 41.1 Å². The lowest BCUT2D eigenvalue weighted by atomic mass is 10.1. The molecule has 0 heterocycles. The van der Waals surface area contributed by atoms with Gasteiger partial charge in [-0.2, -0.15) is 4.57 Å². The lowest BCUT2D eigenvalue weighted by Crippen LogP contribution is -2.11. The van der Waals surface area contributed by atoms with Crippen molar-refractivity contribution in [3.8, 4) is 17.2 Å². The van der Waals surface area contributed by atoms with E-state index in [-0.39, 0.29) is 0 Å². The Morgan fingerprint density at radius 2 is 0.793 bits per heavy atom.